The Kier molecular flexibility index (Phi) is 5.62. The Labute approximate surface area is 164 Å². The Morgan fingerprint density at radius 1 is 1.14 bits per heavy atom. The number of carbonyl (C=O) groups is 1. The van der Waals surface area contributed by atoms with Crippen molar-refractivity contribution in [2.45, 2.75) is 32.7 Å². The fourth-order valence-corrected chi connectivity index (χ4v) is 4.01. The number of fused-ring (bicyclic) bond motifs is 1. The van der Waals surface area contributed by atoms with Gasteiger partial charge in [-0.2, -0.15) is 0 Å². The molecule has 2 aliphatic rings. The largest absolute Gasteiger partial charge is 0.378 e. The van der Waals surface area contributed by atoms with Crippen molar-refractivity contribution < 1.29 is 9.53 Å². The van der Waals surface area contributed by atoms with Crippen LogP contribution < -0.4 is 10.5 Å². The summed E-state index contributed by atoms with van der Waals surface area (Å²) < 4.78 is 7.12. The second-order valence-corrected chi connectivity index (χ2v) is 7.79. The van der Waals surface area contributed by atoms with Crippen LogP contribution in [0.4, 0.5) is 5.82 Å². The van der Waals surface area contributed by atoms with Gasteiger partial charge >= 0.3 is 0 Å². The van der Waals surface area contributed by atoms with Crippen molar-refractivity contribution in [3.63, 3.8) is 0 Å². The van der Waals surface area contributed by atoms with E-state index in [2.05, 4.69) is 11.9 Å². The van der Waals surface area contributed by atoms with E-state index in [1.165, 1.54) is 0 Å². The van der Waals surface area contributed by atoms with Crippen LogP contribution in [0.3, 0.4) is 0 Å². The van der Waals surface area contributed by atoms with E-state index in [4.69, 9.17) is 4.74 Å². The number of ether oxygens (including phenoxy) is 1. The third kappa shape index (κ3) is 3.90. The standard InChI is InChI=1S/C21H28N4O3/c1-16-6-9-23(10-7-16)19(26)8-11-25-18-5-3-2-4-17(18)22-20(21(25)27)24-12-14-28-15-13-24/h2-5,16H,6-15H2,1H3. The molecule has 0 N–H and O–H groups in total. The van der Waals surface area contributed by atoms with E-state index < -0.39 is 0 Å². The second-order valence-electron chi connectivity index (χ2n) is 7.79. The van der Waals surface area contributed by atoms with Crippen LogP contribution in [-0.4, -0.2) is 59.8 Å². The highest BCUT2D eigenvalue weighted by Gasteiger charge is 2.22. The summed E-state index contributed by atoms with van der Waals surface area (Å²) in [7, 11) is 0. The first-order valence-corrected chi connectivity index (χ1v) is 10.2. The van der Waals surface area contributed by atoms with E-state index >= 15 is 0 Å². The van der Waals surface area contributed by atoms with E-state index in [9.17, 15) is 9.59 Å². The van der Waals surface area contributed by atoms with Gasteiger partial charge in [-0.1, -0.05) is 19.1 Å². The molecule has 0 radical (unpaired) electrons. The molecule has 150 valence electrons. The zero-order valence-corrected chi connectivity index (χ0v) is 16.5. The van der Waals surface area contributed by atoms with Crippen molar-refractivity contribution in [1.29, 1.82) is 0 Å². The number of nitrogens with zero attached hydrogens (tertiary/aromatic N) is 4. The lowest BCUT2D eigenvalue weighted by atomic mass is 9.99. The van der Waals surface area contributed by atoms with Crippen molar-refractivity contribution in [3.8, 4) is 0 Å². The molecule has 2 fully saturated rings. The number of aromatic nitrogens is 2. The van der Waals surface area contributed by atoms with E-state index in [0.717, 1.165) is 37.0 Å². The smallest absolute Gasteiger partial charge is 0.294 e. The van der Waals surface area contributed by atoms with Crippen LogP contribution in [0.1, 0.15) is 26.2 Å². The lowest BCUT2D eigenvalue weighted by molar-refractivity contribution is -0.132. The van der Waals surface area contributed by atoms with Gasteiger partial charge in [-0.3, -0.25) is 9.59 Å². The number of piperidine rings is 1. The van der Waals surface area contributed by atoms with Gasteiger partial charge in [0.2, 0.25) is 5.91 Å². The minimum absolute atomic E-state index is 0.124. The number of benzene rings is 1. The van der Waals surface area contributed by atoms with Gasteiger partial charge in [-0.05, 0) is 30.9 Å². The minimum Gasteiger partial charge on any atom is -0.378 e. The van der Waals surface area contributed by atoms with E-state index in [1.807, 2.05) is 34.1 Å². The molecule has 0 spiro atoms. The molecule has 4 rings (SSSR count). The Morgan fingerprint density at radius 2 is 1.86 bits per heavy atom. The third-order valence-corrected chi connectivity index (χ3v) is 5.83. The molecule has 2 aromatic rings. The molecule has 1 aromatic carbocycles. The summed E-state index contributed by atoms with van der Waals surface area (Å²) in [6, 6.07) is 7.65. The van der Waals surface area contributed by atoms with Crippen molar-refractivity contribution in [1.82, 2.24) is 14.5 Å². The number of amides is 1. The average molecular weight is 384 g/mol. The fourth-order valence-electron chi connectivity index (χ4n) is 4.01. The lowest BCUT2D eigenvalue weighted by Gasteiger charge is -2.30. The predicted octanol–water partition coefficient (Wildman–Crippen LogP) is 1.88. The maximum Gasteiger partial charge on any atom is 0.294 e. The van der Waals surface area contributed by atoms with Crippen LogP contribution in [0.15, 0.2) is 29.1 Å². The number of hydrogen-bond acceptors (Lipinski definition) is 5. The van der Waals surface area contributed by atoms with Crippen LogP contribution in [0, 0.1) is 5.92 Å². The summed E-state index contributed by atoms with van der Waals surface area (Å²) >= 11 is 0. The second kappa shape index (κ2) is 8.31. The van der Waals surface area contributed by atoms with Gasteiger partial charge in [0.05, 0.1) is 24.2 Å². The Hall–Kier alpha value is -2.41. The monoisotopic (exact) mass is 384 g/mol. The zero-order chi connectivity index (χ0) is 19.5. The zero-order valence-electron chi connectivity index (χ0n) is 16.5. The number of likely N-dealkylation sites (tertiary alicyclic amines) is 1. The van der Waals surface area contributed by atoms with Crippen LogP contribution in [0.2, 0.25) is 0 Å². The summed E-state index contributed by atoms with van der Waals surface area (Å²) in [5.74, 6) is 1.28. The van der Waals surface area contributed by atoms with Crippen LogP contribution in [0.5, 0.6) is 0 Å². The van der Waals surface area contributed by atoms with Gasteiger partial charge in [0, 0.05) is 39.1 Å². The highest BCUT2D eigenvalue weighted by Crippen LogP contribution is 2.18. The number of hydrogen-bond donors (Lipinski definition) is 0. The first-order valence-electron chi connectivity index (χ1n) is 10.2. The third-order valence-electron chi connectivity index (χ3n) is 5.83. The highest BCUT2D eigenvalue weighted by atomic mass is 16.5. The molecule has 7 heteroatoms. The van der Waals surface area contributed by atoms with Crippen LogP contribution >= 0.6 is 0 Å². The Bertz CT molecular complexity index is 896. The van der Waals surface area contributed by atoms with Gasteiger partial charge in [-0.25, -0.2) is 4.98 Å². The number of morpholine rings is 1. The molecule has 0 unspecified atom stereocenters. The van der Waals surface area contributed by atoms with Gasteiger partial charge in [0.1, 0.15) is 0 Å². The molecule has 0 bridgehead atoms. The van der Waals surface area contributed by atoms with E-state index in [1.54, 1.807) is 4.57 Å². The Balaban J connectivity index is 1.59. The molecule has 0 aliphatic carbocycles. The normalized spacial score (nSPS) is 18.6. The summed E-state index contributed by atoms with van der Waals surface area (Å²) in [5, 5.41) is 0. The van der Waals surface area contributed by atoms with Crippen molar-refractivity contribution >= 4 is 22.8 Å². The summed E-state index contributed by atoms with van der Waals surface area (Å²) in [5.41, 5.74) is 1.44. The minimum atomic E-state index is -0.124. The molecule has 2 saturated heterocycles. The highest BCUT2D eigenvalue weighted by molar-refractivity contribution is 5.78. The van der Waals surface area contributed by atoms with E-state index in [0.29, 0.717) is 51.0 Å². The lowest BCUT2D eigenvalue weighted by Crippen LogP contribution is -2.42. The number of anilines is 1. The molecule has 2 aliphatic heterocycles. The first-order chi connectivity index (χ1) is 13.6. The molecule has 3 heterocycles. The SMILES string of the molecule is CC1CCN(C(=O)CCn2c(=O)c(N3CCOCC3)nc3ccccc32)CC1. The average Bonchev–Trinajstić information content (AvgIpc) is 2.73. The molecule has 0 atom stereocenters. The summed E-state index contributed by atoms with van der Waals surface area (Å²) in [4.78, 5) is 34.4. The molecule has 1 amide bonds. The van der Waals surface area contributed by atoms with Gasteiger partial charge in [0.25, 0.3) is 5.56 Å². The van der Waals surface area contributed by atoms with Gasteiger partial charge in [0.15, 0.2) is 5.82 Å². The van der Waals surface area contributed by atoms with Crippen LogP contribution in [0.25, 0.3) is 11.0 Å². The molecule has 28 heavy (non-hydrogen) atoms. The van der Waals surface area contributed by atoms with Gasteiger partial charge < -0.3 is 19.1 Å². The fraction of sp³-hybridized carbons (Fsp3) is 0.571. The quantitative estimate of drug-likeness (QED) is 0.805. The first kappa shape index (κ1) is 18.9. The molecule has 7 nitrogen and oxygen atoms in total. The number of carbonyl (C=O) groups excluding carboxylic acids is 1. The van der Waals surface area contributed by atoms with Crippen LogP contribution in [-0.2, 0) is 16.1 Å². The van der Waals surface area contributed by atoms with Gasteiger partial charge in [-0.15, -0.1) is 0 Å². The molecule has 1 aromatic heterocycles. The van der Waals surface area contributed by atoms with Crippen molar-refractivity contribution in [3.05, 3.63) is 34.6 Å². The molecule has 0 saturated carbocycles. The van der Waals surface area contributed by atoms with E-state index in [-0.39, 0.29) is 11.5 Å². The van der Waals surface area contributed by atoms with Crippen molar-refractivity contribution in [2.75, 3.05) is 44.3 Å². The predicted molar refractivity (Wildman–Crippen MR) is 109 cm³/mol. The summed E-state index contributed by atoms with van der Waals surface area (Å²) in [6.07, 6.45) is 2.46. The maximum atomic E-state index is 13.2. The topological polar surface area (TPSA) is 67.7 Å². The number of rotatable bonds is 4. The molecular formula is C21H28N4O3. The molecular weight excluding hydrogens is 356 g/mol. The maximum absolute atomic E-state index is 13.2. The summed E-state index contributed by atoms with van der Waals surface area (Å²) in [6.45, 7) is 6.77. The number of para-hydroxylation sites is 2. The number of aryl methyl sites for hydroxylation is 1. The Morgan fingerprint density at radius 3 is 2.61 bits per heavy atom. The van der Waals surface area contributed by atoms with Crippen molar-refractivity contribution in [2.24, 2.45) is 5.92 Å².